The van der Waals surface area contributed by atoms with Crippen LogP contribution in [0, 0.1) is 0 Å². The molecule has 0 bridgehead atoms. The van der Waals surface area contributed by atoms with E-state index in [1.165, 1.54) is 49.0 Å². The maximum absolute atomic E-state index is 4.77. The van der Waals surface area contributed by atoms with Gasteiger partial charge in [-0.1, -0.05) is 84.9 Å². The normalized spacial score (nSPS) is 11.5. The Morgan fingerprint density at radius 2 is 1.15 bits per heavy atom. The van der Waals surface area contributed by atoms with Gasteiger partial charge in [-0.25, -0.2) is 0 Å². The van der Waals surface area contributed by atoms with E-state index in [2.05, 4.69) is 96.0 Å². The van der Waals surface area contributed by atoms with E-state index in [4.69, 9.17) is 4.98 Å². The van der Waals surface area contributed by atoms with E-state index in [0.717, 1.165) is 17.0 Å². The summed E-state index contributed by atoms with van der Waals surface area (Å²) in [6.45, 7) is 0. The summed E-state index contributed by atoms with van der Waals surface area (Å²) in [5, 5.41) is 7.74. The van der Waals surface area contributed by atoms with E-state index in [1.807, 2.05) is 24.4 Å². The Kier molecular flexibility index (Phi) is 4.18. The molecule has 0 atom stereocenters. The molecule has 34 heavy (non-hydrogen) atoms. The van der Waals surface area contributed by atoms with Gasteiger partial charge in [-0.15, -0.1) is 0 Å². The number of rotatable bonds is 3. The Morgan fingerprint density at radius 3 is 1.82 bits per heavy atom. The van der Waals surface area contributed by atoms with Gasteiger partial charge in [-0.2, -0.15) is 0 Å². The number of hydrogen-bond donors (Lipinski definition) is 0. The minimum atomic E-state index is 0.880. The number of hydrogen-bond acceptors (Lipinski definition) is 2. The second kappa shape index (κ2) is 7.50. The van der Waals surface area contributed by atoms with E-state index < -0.39 is 0 Å². The molecular weight excluding hydrogens is 412 g/mol. The third-order valence-electron chi connectivity index (χ3n) is 6.73. The van der Waals surface area contributed by atoms with Gasteiger partial charge in [0.2, 0.25) is 0 Å². The molecule has 0 saturated heterocycles. The van der Waals surface area contributed by atoms with Crippen LogP contribution in [0.5, 0.6) is 0 Å². The molecule has 158 valence electrons. The third-order valence-corrected chi connectivity index (χ3v) is 6.73. The van der Waals surface area contributed by atoms with Crippen LogP contribution in [0.25, 0.3) is 66.0 Å². The van der Waals surface area contributed by atoms with Gasteiger partial charge in [0.15, 0.2) is 0 Å². The second-order valence-electron chi connectivity index (χ2n) is 8.67. The first-order chi connectivity index (χ1) is 16.9. The highest BCUT2D eigenvalue weighted by Crippen LogP contribution is 2.43. The van der Waals surface area contributed by atoms with Crippen molar-refractivity contribution in [1.82, 2.24) is 9.97 Å². The van der Waals surface area contributed by atoms with Crippen LogP contribution < -0.4 is 0 Å². The molecule has 5 aromatic carbocycles. The molecule has 0 amide bonds. The lowest BCUT2D eigenvalue weighted by Gasteiger charge is -2.18. The van der Waals surface area contributed by atoms with Crippen molar-refractivity contribution < 1.29 is 0 Å². The van der Waals surface area contributed by atoms with Gasteiger partial charge in [0.25, 0.3) is 0 Å². The molecule has 0 radical (unpaired) electrons. The number of benzene rings is 5. The zero-order chi connectivity index (χ0) is 22.5. The van der Waals surface area contributed by atoms with E-state index in [9.17, 15) is 0 Å². The lowest BCUT2D eigenvalue weighted by Crippen LogP contribution is -1.92. The molecule has 2 heteroatoms. The van der Waals surface area contributed by atoms with Gasteiger partial charge in [-0.3, -0.25) is 9.97 Å². The van der Waals surface area contributed by atoms with Crippen molar-refractivity contribution in [3.05, 3.63) is 122 Å². The first-order valence-corrected chi connectivity index (χ1v) is 11.5. The van der Waals surface area contributed by atoms with Crippen molar-refractivity contribution in [2.45, 2.75) is 0 Å². The fourth-order valence-corrected chi connectivity index (χ4v) is 5.15. The van der Waals surface area contributed by atoms with Crippen LogP contribution >= 0.6 is 0 Å². The van der Waals surface area contributed by atoms with Gasteiger partial charge in [0, 0.05) is 18.0 Å². The predicted octanol–water partition coefficient (Wildman–Crippen LogP) is 8.38. The fraction of sp³-hybridized carbons (Fsp3) is 0. The highest BCUT2D eigenvalue weighted by atomic mass is 14.8. The monoisotopic (exact) mass is 432 g/mol. The Labute approximate surface area is 197 Å². The lowest BCUT2D eigenvalue weighted by molar-refractivity contribution is 1.25. The van der Waals surface area contributed by atoms with Crippen molar-refractivity contribution >= 4 is 32.3 Å². The molecular formula is C32H20N2. The van der Waals surface area contributed by atoms with Crippen LogP contribution in [0.3, 0.4) is 0 Å². The van der Waals surface area contributed by atoms with E-state index >= 15 is 0 Å². The maximum atomic E-state index is 4.77. The van der Waals surface area contributed by atoms with Gasteiger partial charge in [0.1, 0.15) is 0 Å². The summed E-state index contributed by atoms with van der Waals surface area (Å²) in [6.07, 6.45) is 3.78. The van der Waals surface area contributed by atoms with Gasteiger partial charge < -0.3 is 0 Å². The predicted molar refractivity (Wildman–Crippen MR) is 142 cm³/mol. The Morgan fingerprint density at radius 1 is 0.441 bits per heavy atom. The number of nitrogens with zero attached hydrogens (tertiary/aromatic N) is 2. The van der Waals surface area contributed by atoms with Gasteiger partial charge >= 0.3 is 0 Å². The van der Waals surface area contributed by atoms with Crippen molar-refractivity contribution in [3.8, 4) is 33.6 Å². The smallest absolute Gasteiger partial charge is 0.0886 e. The fourth-order valence-electron chi connectivity index (χ4n) is 5.15. The summed E-state index contributed by atoms with van der Waals surface area (Å²) in [6, 6.07) is 38.7. The summed E-state index contributed by atoms with van der Waals surface area (Å²) in [7, 11) is 0. The van der Waals surface area contributed by atoms with Gasteiger partial charge in [-0.05, 0) is 73.3 Å². The molecule has 2 aromatic heterocycles. The standard InChI is InChI=1S/C32H20N2/c1-2-7-21(8-3-1)27-19-28(24-14-17-30(34-20-24)29-11-4-5-18-33-29)26-16-13-23-10-6-9-22-12-15-25(27)32(26)31(22)23/h1-20H. The Bertz CT molecular complexity index is 1750. The molecule has 0 aliphatic carbocycles. The Balaban J connectivity index is 1.54. The molecule has 0 N–H and O–H groups in total. The third kappa shape index (κ3) is 2.89. The van der Waals surface area contributed by atoms with Crippen LogP contribution in [-0.2, 0) is 0 Å². The number of aromatic nitrogens is 2. The zero-order valence-corrected chi connectivity index (χ0v) is 18.4. The first kappa shape index (κ1) is 19.0. The van der Waals surface area contributed by atoms with Gasteiger partial charge in [0.05, 0.1) is 11.4 Å². The zero-order valence-electron chi connectivity index (χ0n) is 18.4. The summed E-state index contributed by atoms with van der Waals surface area (Å²) < 4.78 is 0. The number of pyridine rings is 2. The van der Waals surface area contributed by atoms with Crippen molar-refractivity contribution in [3.63, 3.8) is 0 Å². The van der Waals surface area contributed by atoms with Crippen LogP contribution in [-0.4, -0.2) is 9.97 Å². The van der Waals surface area contributed by atoms with Crippen molar-refractivity contribution in [2.24, 2.45) is 0 Å². The molecule has 0 saturated carbocycles. The quantitative estimate of drug-likeness (QED) is 0.262. The SMILES string of the molecule is c1ccc(-c2cc(-c3ccc(-c4ccccn4)nc3)c3ccc4cccc5ccc2c3c54)cc1. The molecule has 2 heterocycles. The molecule has 7 rings (SSSR count). The second-order valence-corrected chi connectivity index (χ2v) is 8.67. The summed E-state index contributed by atoms with van der Waals surface area (Å²) in [5.74, 6) is 0. The summed E-state index contributed by atoms with van der Waals surface area (Å²) in [4.78, 5) is 9.22. The molecule has 0 fully saturated rings. The molecule has 2 nitrogen and oxygen atoms in total. The van der Waals surface area contributed by atoms with Crippen molar-refractivity contribution in [2.75, 3.05) is 0 Å². The van der Waals surface area contributed by atoms with Crippen LogP contribution in [0.4, 0.5) is 0 Å². The average molecular weight is 433 g/mol. The lowest BCUT2D eigenvalue weighted by atomic mass is 9.86. The first-order valence-electron chi connectivity index (χ1n) is 11.5. The minimum absolute atomic E-state index is 0.880. The highest BCUT2D eigenvalue weighted by molar-refractivity contribution is 6.28. The molecule has 7 aromatic rings. The topological polar surface area (TPSA) is 25.8 Å². The molecule has 0 spiro atoms. The van der Waals surface area contributed by atoms with Crippen LogP contribution in [0.2, 0.25) is 0 Å². The summed E-state index contributed by atoms with van der Waals surface area (Å²) >= 11 is 0. The Hall–Kier alpha value is -4.56. The summed E-state index contributed by atoms with van der Waals surface area (Å²) in [5.41, 5.74) is 6.54. The van der Waals surface area contributed by atoms with E-state index in [1.54, 1.807) is 6.20 Å². The minimum Gasteiger partial charge on any atom is -0.255 e. The highest BCUT2D eigenvalue weighted by Gasteiger charge is 2.16. The van der Waals surface area contributed by atoms with E-state index in [0.29, 0.717) is 0 Å². The van der Waals surface area contributed by atoms with Crippen molar-refractivity contribution in [1.29, 1.82) is 0 Å². The molecule has 0 aliphatic rings. The average Bonchev–Trinajstić information content (AvgIpc) is 2.92. The van der Waals surface area contributed by atoms with Crippen LogP contribution in [0.15, 0.2) is 122 Å². The molecule has 0 aliphatic heterocycles. The maximum Gasteiger partial charge on any atom is 0.0886 e. The van der Waals surface area contributed by atoms with Crippen LogP contribution in [0.1, 0.15) is 0 Å². The largest absolute Gasteiger partial charge is 0.255 e. The van der Waals surface area contributed by atoms with E-state index in [-0.39, 0.29) is 0 Å². The molecule has 0 unspecified atom stereocenters.